The number of aromatic nitrogens is 3. The van der Waals surface area contributed by atoms with Crippen LogP contribution in [0.15, 0.2) is 5.16 Å². The van der Waals surface area contributed by atoms with Crippen LogP contribution >= 0.6 is 0 Å². The van der Waals surface area contributed by atoms with Gasteiger partial charge in [0.1, 0.15) is 5.84 Å². The minimum absolute atomic E-state index is 0.184. The van der Waals surface area contributed by atoms with Gasteiger partial charge >= 0.3 is 0 Å². The molecule has 0 saturated carbocycles. The van der Waals surface area contributed by atoms with Gasteiger partial charge in [-0.1, -0.05) is 5.16 Å². The molecule has 0 unspecified atom stereocenters. The zero-order valence-corrected chi connectivity index (χ0v) is 9.67. The highest BCUT2D eigenvalue weighted by atomic mass is 16.4. The lowest BCUT2D eigenvalue weighted by atomic mass is 10.3. The lowest BCUT2D eigenvalue weighted by Gasteiger charge is -2.16. The van der Waals surface area contributed by atoms with Crippen molar-refractivity contribution in [3.05, 3.63) is 11.4 Å². The summed E-state index contributed by atoms with van der Waals surface area (Å²) in [5.41, 5.74) is 7.03. The van der Waals surface area contributed by atoms with E-state index in [2.05, 4.69) is 20.3 Å². The molecular formula is C9H16N6O. The Bertz CT molecular complexity index is 392. The third-order valence-corrected chi connectivity index (χ3v) is 2.25. The van der Waals surface area contributed by atoms with Gasteiger partial charge in [-0.2, -0.15) is 5.10 Å². The number of hydrogen-bond donors (Lipinski definition) is 2. The summed E-state index contributed by atoms with van der Waals surface area (Å²) in [4.78, 5) is 6.09. The van der Waals surface area contributed by atoms with Crippen molar-refractivity contribution in [1.82, 2.24) is 15.2 Å². The normalized spacial score (nSPS) is 11.6. The Hall–Kier alpha value is -1.92. The van der Waals surface area contributed by atoms with Crippen LogP contribution in [0.1, 0.15) is 17.8 Å². The van der Waals surface area contributed by atoms with E-state index in [1.165, 1.54) is 0 Å². The second-order valence-corrected chi connectivity index (χ2v) is 3.55. The SMILES string of the molecule is Cc1nnc(N(C)CCC(N)=NO)nc1C. The highest BCUT2D eigenvalue weighted by molar-refractivity contribution is 5.80. The maximum Gasteiger partial charge on any atom is 0.245 e. The molecule has 1 aromatic rings. The molecule has 0 saturated heterocycles. The molecule has 7 heteroatoms. The van der Waals surface area contributed by atoms with Crippen molar-refractivity contribution in [3.8, 4) is 0 Å². The smallest absolute Gasteiger partial charge is 0.245 e. The number of aryl methyl sites for hydroxylation is 2. The second kappa shape index (κ2) is 5.24. The van der Waals surface area contributed by atoms with Crippen LogP contribution in [0.5, 0.6) is 0 Å². The largest absolute Gasteiger partial charge is 0.409 e. The van der Waals surface area contributed by atoms with Gasteiger partial charge in [-0.25, -0.2) is 4.98 Å². The van der Waals surface area contributed by atoms with Crippen LogP contribution in [-0.4, -0.2) is 39.8 Å². The van der Waals surface area contributed by atoms with E-state index in [9.17, 15) is 0 Å². The highest BCUT2D eigenvalue weighted by Gasteiger charge is 2.07. The molecule has 1 aromatic heterocycles. The summed E-state index contributed by atoms with van der Waals surface area (Å²) < 4.78 is 0. The number of amidine groups is 1. The van der Waals surface area contributed by atoms with Gasteiger partial charge in [-0.15, -0.1) is 5.10 Å². The first-order valence-electron chi connectivity index (χ1n) is 4.90. The van der Waals surface area contributed by atoms with E-state index < -0.39 is 0 Å². The molecule has 0 aliphatic carbocycles. The van der Waals surface area contributed by atoms with Crippen molar-refractivity contribution in [2.75, 3.05) is 18.5 Å². The van der Waals surface area contributed by atoms with Crippen LogP contribution in [0, 0.1) is 13.8 Å². The lowest BCUT2D eigenvalue weighted by molar-refractivity contribution is 0.317. The number of nitrogens with two attached hydrogens (primary N) is 1. The van der Waals surface area contributed by atoms with Crippen LogP contribution in [0.2, 0.25) is 0 Å². The summed E-state index contributed by atoms with van der Waals surface area (Å²) in [5.74, 6) is 0.720. The summed E-state index contributed by atoms with van der Waals surface area (Å²) in [6.07, 6.45) is 0.448. The molecule has 1 rings (SSSR count). The van der Waals surface area contributed by atoms with Crippen molar-refractivity contribution in [3.63, 3.8) is 0 Å². The lowest BCUT2D eigenvalue weighted by Crippen LogP contribution is -2.26. The summed E-state index contributed by atoms with van der Waals surface area (Å²) in [7, 11) is 1.83. The zero-order valence-electron chi connectivity index (χ0n) is 9.67. The Morgan fingerprint density at radius 1 is 1.38 bits per heavy atom. The molecule has 0 radical (unpaired) electrons. The minimum atomic E-state index is 0.184. The van der Waals surface area contributed by atoms with Crippen molar-refractivity contribution < 1.29 is 5.21 Å². The molecule has 7 nitrogen and oxygen atoms in total. The van der Waals surface area contributed by atoms with E-state index >= 15 is 0 Å². The summed E-state index contributed by atoms with van der Waals surface area (Å²) in [6, 6.07) is 0. The average Bonchev–Trinajstić information content (AvgIpc) is 2.29. The Morgan fingerprint density at radius 3 is 2.62 bits per heavy atom. The molecule has 0 atom stereocenters. The monoisotopic (exact) mass is 224 g/mol. The minimum Gasteiger partial charge on any atom is -0.409 e. The van der Waals surface area contributed by atoms with Gasteiger partial charge in [0.05, 0.1) is 11.4 Å². The van der Waals surface area contributed by atoms with E-state index in [0.717, 1.165) is 11.4 Å². The van der Waals surface area contributed by atoms with Crippen LogP contribution in [0.25, 0.3) is 0 Å². The molecule has 0 spiro atoms. The van der Waals surface area contributed by atoms with Crippen LogP contribution in [0.4, 0.5) is 5.95 Å². The summed E-state index contributed by atoms with van der Waals surface area (Å²) >= 11 is 0. The Labute approximate surface area is 94.0 Å². The fraction of sp³-hybridized carbons (Fsp3) is 0.556. The maximum absolute atomic E-state index is 8.40. The van der Waals surface area contributed by atoms with Crippen molar-refractivity contribution in [2.45, 2.75) is 20.3 Å². The van der Waals surface area contributed by atoms with Crippen molar-refractivity contribution in [1.29, 1.82) is 0 Å². The molecule has 0 aliphatic rings. The Morgan fingerprint density at radius 2 is 2.06 bits per heavy atom. The first-order valence-corrected chi connectivity index (χ1v) is 4.90. The summed E-state index contributed by atoms with van der Waals surface area (Å²) in [5, 5.41) is 19.2. The standard InChI is InChI=1S/C9H16N6O/c1-6-7(2)12-13-9(11-6)15(3)5-4-8(10)14-16/h16H,4-5H2,1-3H3,(H2,10,14). The maximum atomic E-state index is 8.40. The highest BCUT2D eigenvalue weighted by Crippen LogP contribution is 2.06. The molecule has 0 bridgehead atoms. The molecule has 88 valence electrons. The van der Waals surface area contributed by atoms with E-state index in [1.807, 2.05) is 20.9 Å². The Balaban J connectivity index is 2.66. The van der Waals surface area contributed by atoms with Gasteiger partial charge in [-0.3, -0.25) is 0 Å². The van der Waals surface area contributed by atoms with Gasteiger partial charge in [-0.05, 0) is 13.8 Å². The van der Waals surface area contributed by atoms with Gasteiger partial charge in [0.25, 0.3) is 0 Å². The van der Waals surface area contributed by atoms with Gasteiger partial charge in [0, 0.05) is 20.0 Å². The van der Waals surface area contributed by atoms with Crippen molar-refractivity contribution in [2.24, 2.45) is 10.9 Å². The van der Waals surface area contributed by atoms with Crippen LogP contribution in [-0.2, 0) is 0 Å². The average molecular weight is 224 g/mol. The first-order chi connectivity index (χ1) is 7.54. The first kappa shape index (κ1) is 12.2. The fourth-order valence-corrected chi connectivity index (χ4v) is 1.04. The number of rotatable bonds is 4. The number of nitrogens with zero attached hydrogens (tertiary/aromatic N) is 5. The van der Waals surface area contributed by atoms with Crippen LogP contribution in [0.3, 0.4) is 0 Å². The summed E-state index contributed by atoms with van der Waals surface area (Å²) in [6.45, 7) is 4.31. The van der Waals surface area contributed by atoms with Gasteiger partial charge in [0.15, 0.2) is 0 Å². The molecule has 0 amide bonds. The van der Waals surface area contributed by atoms with Crippen molar-refractivity contribution >= 4 is 11.8 Å². The van der Waals surface area contributed by atoms with E-state index in [4.69, 9.17) is 10.9 Å². The Kier molecular flexibility index (Phi) is 3.98. The molecule has 0 aromatic carbocycles. The second-order valence-electron chi connectivity index (χ2n) is 3.55. The molecule has 0 fully saturated rings. The number of hydrogen-bond acceptors (Lipinski definition) is 6. The molecule has 16 heavy (non-hydrogen) atoms. The topological polar surface area (TPSA) is 101 Å². The van der Waals surface area contributed by atoms with E-state index in [0.29, 0.717) is 18.9 Å². The number of oxime groups is 1. The van der Waals surface area contributed by atoms with E-state index in [-0.39, 0.29) is 5.84 Å². The zero-order chi connectivity index (χ0) is 12.1. The molecule has 0 aliphatic heterocycles. The van der Waals surface area contributed by atoms with Gasteiger partial charge in [0.2, 0.25) is 5.95 Å². The predicted molar refractivity (Wildman–Crippen MR) is 60.6 cm³/mol. The predicted octanol–water partition coefficient (Wildman–Crippen LogP) is 0.0611. The quantitative estimate of drug-likeness (QED) is 0.324. The third-order valence-electron chi connectivity index (χ3n) is 2.25. The molecule has 3 N–H and O–H groups in total. The molecule has 1 heterocycles. The van der Waals surface area contributed by atoms with Crippen LogP contribution < -0.4 is 10.6 Å². The fourth-order valence-electron chi connectivity index (χ4n) is 1.04. The van der Waals surface area contributed by atoms with E-state index in [1.54, 1.807) is 4.90 Å². The third kappa shape index (κ3) is 3.04. The number of anilines is 1. The molecular weight excluding hydrogens is 208 g/mol. The van der Waals surface area contributed by atoms with Gasteiger partial charge < -0.3 is 15.8 Å².